The van der Waals surface area contributed by atoms with Crippen molar-refractivity contribution in [3.8, 4) is 22.9 Å². The lowest BCUT2D eigenvalue weighted by atomic mass is 10.1. The number of aromatic nitrogens is 4. The van der Waals surface area contributed by atoms with Crippen molar-refractivity contribution in [3.05, 3.63) is 158 Å². The van der Waals surface area contributed by atoms with Crippen LogP contribution in [0, 0.1) is 0 Å². The monoisotopic (exact) mass is 698 g/mol. The fourth-order valence-electron chi connectivity index (χ4n) is 8.32. The van der Waals surface area contributed by atoms with E-state index in [4.69, 9.17) is 9.97 Å². The molecular formula is C46H26N4S2. The van der Waals surface area contributed by atoms with Crippen LogP contribution in [-0.2, 0) is 0 Å². The second kappa shape index (κ2) is 10.6. The van der Waals surface area contributed by atoms with Gasteiger partial charge in [0.15, 0.2) is 0 Å². The van der Waals surface area contributed by atoms with Gasteiger partial charge in [0, 0.05) is 63.1 Å². The first-order chi connectivity index (χ1) is 25.8. The van der Waals surface area contributed by atoms with E-state index in [1.165, 1.54) is 57.5 Å². The van der Waals surface area contributed by atoms with Crippen LogP contribution < -0.4 is 0 Å². The van der Waals surface area contributed by atoms with E-state index in [2.05, 4.69) is 167 Å². The molecule has 6 heteroatoms. The summed E-state index contributed by atoms with van der Waals surface area (Å²) < 4.78 is 9.54. The highest BCUT2D eigenvalue weighted by molar-refractivity contribution is 7.26. The van der Waals surface area contributed by atoms with Crippen LogP contribution in [0.1, 0.15) is 0 Å². The van der Waals surface area contributed by atoms with Crippen LogP contribution >= 0.6 is 22.7 Å². The van der Waals surface area contributed by atoms with Crippen molar-refractivity contribution in [2.75, 3.05) is 0 Å². The molecule has 242 valence electrons. The summed E-state index contributed by atoms with van der Waals surface area (Å²) in [7, 11) is 0. The summed E-state index contributed by atoms with van der Waals surface area (Å²) in [4.78, 5) is 11.1. The molecule has 0 saturated carbocycles. The van der Waals surface area contributed by atoms with E-state index in [1.807, 2.05) is 11.3 Å². The molecule has 0 aliphatic carbocycles. The fourth-order valence-corrected chi connectivity index (χ4v) is 10.6. The largest absolute Gasteiger partial charge is 0.309 e. The number of rotatable bonds is 3. The molecule has 12 aromatic rings. The summed E-state index contributed by atoms with van der Waals surface area (Å²) in [6, 6.07) is 56.8. The summed E-state index contributed by atoms with van der Waals surface area (Å²) in [5.74, 6) is 0.687. The number of hydrogen-bond acceptors (Lipinski definition) is 4. The maximum Gasteiger partial charge on any atom is 0.235 e. The molecule has 7 aromatic carbocycles. The zero-order chi connectivity index (χ0) is 33.9. The van der Waals surface area contributed by atoms with E-state index in [9.17, 15) is 0 Å². The average molecular weight is 699 g/mol. The fraction of sp³-hybridized carbons (Fsp3) is 0. The molecule has 5 aromatic heterocycles. The highest BCUT2D eigenvalue weighted by Crippen LogP contribution is 2.45. The van der Waals surface area contributed by atoms with E-state index in [0.29, 0.717) is 5.95 Å². The number of thiophene rings is 2. The minimum atomic E-state index is 0.687. The maximum absolute atomic E-state index is 5.59. The van der Waals surface area contributed by atoms with Gasteiger partial charge in [0.25, 0.3) is 0 Å². The van der Waals surface area contributed by atoms with Crippen molar-refractivity contribution in [3.63, 3.8) is 0 Å². The zero-order valence-corrected chi connectivity index (χ0v) is 29.2. The molecular weight excluding hydrogens is 673 g/mol. The summed E-state index contributed by atoms with van der Waals surface area (Å²) >= 11 is 3.62. The van der Waals surface area contributed by atoms with Crippen LogP contribution in [0.25, 0.3) is 107 Å². The SMILES string of the molecule is c1ccc(-n2c3ccccc3c3cc(-c4nc(-n5c6ccccc6c6ccc7sc8ccccc8c7c65)nc5c4sc4ccccc45)ccc32)cc1. The average Bonchev–Trinajstić information content (AvgIpc) is 3.95. The van der Waals surface area contributed by atoms with Gasteiger partial charge in [0.2, 0.25) is 5.95 Å². The van der Waals surface area contributed by atoms with E-state index >= 15 is 0 Å². The summed E-state index contributed by atoms with van der Waals surface area (Å²) in [5, 5.41) is 8.51. The first-order valence-corrected chi connectivity index (χ1v) is 19.1. The number of hydrogen-bond donors (Lipinski definition) is 0. The molecule has 0 amide bonds. The third kappa shape index (κ3) is 3.85. The van der Waals surface area contributed by atoms with E-state index in [1.54, 1.807) is 11.3 Å². The molecule has 0 saturated heterocycles. The second-order valence-corrected chi connectivity index (χ2v) is 15.5. The van der Waals surface area contributed by atoms with Crippen molar-refractivity contribution in [2.45, 2.75) is 0 Å². The molecule has 0 atom stereocenters. The highest BCUT2D eigenvalue weighted by atomic mass is 32.1. The van der Waals surface area contributed by atoms with Crippen molar-refractivity contribution >= 4 is 107 Å². The third-order valence-electron chi connectivity index (χ3n) is 10.5. The lowest BCUT2D eigenvalue weighted by molar-refractivity contribution is 1.02. The number of benzene rings is 7. The molecule has 12 rings (SSSR count). The van der Waals surface area contributed by atoms with Crippen molar-refractivity contribution in [1.82, 2.24) is 19.1 Å². The van der Waals surface area contributed by atoms with Crippen molar-refractivity contribution < 1.29 is 0 Å². The van der Waals surface area contributed by atoms with Gasteiger partial charge in [0.1, 0.15) is 0 Å². The van der Waals surface area contributed by atoms with E-state index < -0.39 is 0 Å². The topological polar surface area (TPSA) is 35.6 Å². The van der Waals surface area contributed by atoms with Gasteiger partial charge in [-0.2, -0.15) is 0 Å². The van der Waals surface area contributed by atoms with Crippen molar-refractivity contribution in [2.24, 2.45) is 0 Å². The summed E-state index contributed by atoms with van der Waals surface area (Å²) in [6.45, 7) is 0. The first-order valence-electron chi connectivity index (χ1n) is 17.4. The number of nitrogens with zero attached hydrogens (tertiary/aromatic N) is 4. The Kier molecular flexibility index (Phi) is 5.78. The molecule has 0 aliphatic heterocycles. The van der Waals surface area contributed by atoms with Gasteiger partial charge in [-0.25, -0.2) is 9.97 Å². The Balaban J connectivity index is 1.21. The van der Waals surface area contributed by atoms with Crippen LogP contribution in [-0.4, -0.2) is 19.1 Å². The standard InChI is InChI=1S/C46H26N4S2/c1-2-12-28(13-3-1)49-35-18-8-5-15-30(35)34-26-27(22-24-37(34)49)42-45-43(33-17-7-11-21-39(33)52-45)48-46(47-42)50-36-19-9-4-14-29(36)31-23-25-40-41(44(31)50)32-16-6-10-20-38(32)51-40/h1-26H. The van der Waals surface area contributed by atoms with Crippen LogP contribution in [0.15, 0.2) is 158 Å². The van der Waals surface area contributed by atoms with Gasteiger partial charge >= 0.3 is 0 Å². The predicted molar refractivity (Wildman–Crippen MR) is 222 cm³/mol. The smallest absolute Gasteiger partial charge is 0.235 e. The minimum Gasteiger partial charge on any atom is -0.309 e. The lowest BCUT2D eigenvalue weighted by Crippen LogP contribution is -2.03. The van der Waals surface area contributed by atoms with Gasteiger partial charge in [-0.05, 0) is 54.6 Å². The third-order valence-corrected chi connectivity index (χ3v) is 12.8. The lowest BCUT2D eigenvalue weighted by Gasteiger charge is -2.11. The molecule has 4 nitrogen and oxygen atoms in total. The predicted octanol–water partition coefficient (Wildman–Crippen LogP) is 13.1. The van der Waals surface area contributed by atoms with Crippen molar-refractivity contribution in [1.29, 1.82) is 0 Å². The molecule has 0 radical (unpaired) electrons. The molecule has 0 spiro atoms. The molecule has 0 fully saturated rings. The molecule has 5 heterocycles. The Bertz CT molecular complexity index is 3420. The van der Waals surface area contributed by atoms with Gasteiger partial charge in [-0.1, -0.05) is 103 Å². The second-order valence-electron chi connectivity index (χ2n) is 13.4. The van der Waals surface area contributed by atoms with Gasteiger partial charge < -0.3 is 4.57 Å². The maximum atomic E-state index is 5.59. The van der Waals surface area contributed by atoms with Gasteiger partial charge in [-0.3, -0.25) is 4.57 Å². The quantitative estimate of drug-likeness (QED) is 0.184. The van der Waals surface area contributed by atoms with Crippen LogP contribution in [0.5, 0.6) is 0 Å². The molecule has 0 aliphatic rings. The van der Waals surface area contributed by atoms with E-state index in [-0.39, 0.29) is 0 Å². The number of para-hydroxylation sites is 3. The molecule has 0 bridgehead atoms. The Morgan fingerprint density at radius 2 is 1.06 bits per heavy atom. The Labute approximate surface area is 305 Å². The first kappa shape index (κ1) is 28.4. The highest BCUT2D eigenvalue weighted by Gasteiger charge is 2.23. The molecule has 0 N–H and O–H groups in total. The zero-order valence-electron chi connectivity index (χ0n) is 27.6. The van der Waals surface area contributed by atoms with Gasteiger partial charge in [-0.15, -0.1) is 22.7 Å². The van der Waals surface area contributed by atoms with E-state index in [0.717, 1.165) is 43.6 Å². The Morgan fingerprint density at radius 3 is 1.87 bits per heavy atom. The molecule has 52 heavy (non-hydrogen) atoms. The number of fused-ring (bicyclic) bond motifs is 13. The van der Waals surface area contributed by atoms with Crippen LogP contribution in [0.2, 0.25) is 0 Å². The Hall–Kier alpha value is -6.34. The van der Waals surface area contributed by atoms with Crippen LogP contribution in [0.4, 0.5) is 0 Å². The van der Waals surface area contributed by atoms with Gasteiger partial charge in [0.05, 0.1) is 38.0 Å². The molecule has 0 unspecified atom stereocenters. The van der Waals surface area contributed by atoms with Crippen LogP contribution in [0.3, 0.4) is 0 Å². The summed E-state index contributed by atoms with van der Waals surface area (Å²) in [5.41, 5.74) is 8.79. The minimum absolute atomic E-state index is 0.687. The summed E-state index contributed by atoms with van der Waals surface area (Å²) in [6.07, 6.45) is 0. The normalized spacial score (nSPS) is 12.2. The Morgan fingerprint density at radius 1 is 0.423 bits per heavy atom.